The molecule has 0 atom stereocenters. The molecule has 0 saturated carbocycles. The Hall–Kier alpha value is -4.51. The predicted molar refractivity (Wildman–Crippen MR) is 127 cm³/mol. The number of benzene rings is 2. The van der Waals surface area contributed by atoms with Crippen molar-refractivity contribution >= 4 is 26.7 Å². The molecule has 0 bridgehead atoms. The maximum absolute atomic E-state index is 13.7. The molecule has 0 radical (unpaired) electrons. The van der Waals surface area contributed by atoms with Crippen LogP contribution >= 0.6 is 0 Å². The maximum Gasteiger partial charge on any atom is 0.263 e. The van der Waals surface area contributed by atoms with Gasteiger partial charge in [0.05, 0.1) is 23.2 Å². The van der Waals surface area contributed by atoms with E-state index in [0.717, 1.165) is 0 Å². The van der Waals surface area contributed by atoms with Gasteiger partial charge in [-0.3, -0.25) is 14.1 Å². The predicted octanol–water partition coefficient (Wildman–Crippen LogP) is 3.99. The Kier molecular flexibility index (Phi) is 5.53. The molecule has 0 aliphatic carbocycles. The normalized spacial score (nSPS) is 11.5. The third-order valence-electron chi connectivity index (χ3n) is 5.33. The molecule has 1 N–H and O–H groups in total. The van der Waals surface area contributed by atoms with Crippen LogP contribution in [0.4, 0.5) is 10.2 Å². The second-order valence-electron chi connectivity index (χ2n) is 7.47. The zero-order valence-electron chi connectivity index (χ0n) is 18.2. The van der Waals surface area contributed by atoms with Crippen LogP contribution in [0, 0.1) is 5.95 Å². The smallest absolute Gasteiger partial charge is 0.263 e. The van der Waals surface area contributed by atoms with Gasteiger partial charge in [-0.05, 0) is 53.6 Å². The largest absolute Gasteiger partial charge is 0.495 e. The highest BCUT2D eigenvalue weighted by Crippen LogP contribution is 2.31. The van der Waals surface area contributed by atoms with E-state index in [4.69, 9.17) is 4.74 Å². The summed E-state index contributed by atoms with van der Waals surface area (Å²) in [5, 5.41) is 4.06. The van der Waals surface area contributed by atoms with Crippen molar-refractivity contribution in [2.24, 2.45) is 0 Å². The van der Waals surface area contributed by atoms with Crippen LogP contribution in [-0.4, -0.2) is 30.2 Å². The molecule has 5 rings (SSSR count). The summed E-state index contributed by atoms with van der Waals surface area (Å²) in [5.74, 6) is -0.179. The average molecular weight is 492 g/mol. The number of aromatic nitrogens is 3. The number of nitrogens with one attached hydrogen (secondary N) is 1. The van der Waals surface area contributed by atoms with Crippen molar-refractivity contribution in [3.05, 3.63) is 95.5 Å². The molecule has 0 aliphatic rings. The van der Waals surface area contributed by atoms with Crippen LogP contribution in [0.1, 0.15) is 0 Å². The molecule has 0 saturated heterocycles. The van der Waals surface area contributed by atoms with E-state index in [-0.39, 0.29) is 16.3 Å². The molecule has 35 heavy (non-hydrogen) atoms. The van der Waals surface area contributed by atoms with Crippen LogP contribution in [0.25, 0.3) is 27.7 Å². The van der Waals surface area contributed by atoms with Crippen molar-refractivity contribution in [3.63, 3.8) is 0 Å². The molecule has 2 aromatic carbocycles. The fourth-order valence-corrected chi connectivity index (χ4v) is 4.76. The minimum atomic E-state index is -3.95. The Balaban J connectivity index is 1.66. The van der Waals surface area contributed by atoms with Gasteiger partial charge in [-0.2, -0.15) is 4.39 Å². The second-order valence-corrected chi connectivity index (χ2v) is 9.15. The van der Waals surface area contributed by atoms with Crippen LogP contribution in [0.2, 0.25) is 0 Å². The standard InChI is InChI=1S/C24H17FN4O5S/c1-33-21-6-2-15(16-8-10-26-22(25)14-16)13-20(21)29-19-5-4-18(12-17(19)3-7-24(29)30)35(31,32)28-23-9-11-34-27-23/h2-14H,1H3,(H,27,28). The first-order valence-corrected chi connectivity index (χ1v) is 11.7. The second kappa shape index (κ2) is 8.69. The molecule has 3 aromatic heterocycles. The van der Waals surface area contributed by atoms with Gasteiger partial charge in [0.25, 0.3) is 15.6 Å². The van der Waals surface area contributed by atoms with Gasteiger partial charge in [0.15, 0.2) is 5.82 Å². The van der Waals surface area contributed by atoms with E-state index in [1.807, 2.05) is 0 Å². The molecule has 9 nitrogen and oxygen atoms in total. The number of hydrogen-bond donors (Lipinski definition) is 1. The Morgan fingerprint density at radius 2 is 1.83 bits per heavy atom. The van der Waals surface area contributed by atoms with Gasteiger partial charge in [0.2, 0.25) is 5.95 Å². The van der Waals surface area contributed by atoms with Crippen LogP contribution in [0.15, 0.2) is 93.4 Å². The summed E-state index contributed by atoms with van der Waals surface area (Å²) >= 11 is 0. The lowest BCUT2D eigenvalue weighted by Gasteiger charge is -2.16. The first-order chi connectivity index (χ1) is 16.9. The number of ether oxygens (including phenoxy) is 1. The van der Waals surface area contributed by atoms with Gasteiger partial charge >= 0.3 is 0 Å². The molecule has 11 heteroatoms. The minimum absolute atomic E-state index is 0.0221. The number of methoxy groups -OCH3 is 1. The molecular formula is C24H17FN4O5S. The number of rotatable bonds is 6. The van der Waals surface area contributed by atoms with Crippen LogP contribution in [-0.2, 0) is 10.0 Å². The fraction of sp³-hybridized carbons (Fsp3) is 0.0417. The first kappa shape index (κ1) is 22.3. The van der Waals surface area contributed by atoms with Crippen LogP contribution < -0.4 is 15.0 Å². The molecule has 176 valence electrons. The third kappa shape index (κ3) is 4.24. The molecular weight excluding hydrogens is 475 g/mol. The summed E-state index contributed by atoms with van der Waals surface area (Å²) < 4.78 is 53.1. The summed E-state index contributed by atoms with van der Waals surface area (Å²) in [4.78, 5) is 16.5. The van der Waals surface area contributed by atoms with Gasteiger partial charge in [-0.1, -0.05) is 11.2 Å². The average Bonchev–Trinajstić information content (AvgIpc) is 3.35. The number of fused-ring (bicyclic) bond motifs is 1. The van der Waals surface area contributed by atoms with Gasteiger partial charge in [0.1, 0.15) is 12.0 Å². The molecule has 3 heterocycles. The molecule has 0 unspecified atom stereocenters. The van der Waals surface area contributed by atoms with Crippen molar-refractivity contribution in [1.29, 1.82) is 0 Å². The van der Waals surface area contributed by atoms with E-state index in [0.29, 0.717) is 33.5 Å². The molecule has 5 aromatic rings. The van der Waals surface area contributed by atoms with Crippen molar-refractivity contribution in [2.45, 2.75) is 4.90 Å². The highest BCUT2D eigenvalue weighted by Gasteiger charge is 2.18. The number of nitrogens with zero attached hydrogens (tertiary/aromatic N) is 3. The Morgan fingerprint density at radius 1 is 1.00 bits per heavy atom. The number of anilines is 1. The molecule has 0 spiro atoms. The lowest BCUT2D eigenvalue weighted by Crippen LogP contribution is -2.19. The molecule has 0 aliphatic heterocycles. The quantitative estimate of drug-likeness (QED) is 0.356. The zero-order valence-corrected chi connectivity index (χ0v) is 19.0. The Morgan fingerprint density at radius 3 is 2.57 bits per heavy atom. The van der Waals surface area contributed by atoms with Crippen LogP contribution in [0.3, 0.4) is 0 Å². The Bertz CT molecular complexity index is 1720. The number of sulfonamides is 1. The lowest BCUT2D eigenvalue weighted by molar-refractivity contribution is 0.413. The number of pyridine rings is 2. The van der Waals surface area contributed by atoms with Crippen molar-refractivity contribution in [3.8, 4) is 22.6 Å². The summed E-state index contributed by atoms with van der Waals surface area (Å²) in [7, 11) is -2.47. The summed E-state index contributed by atoms with van der Waals surface area (Å²) in [6.45, 7) is 0. The van der Waals surface area contributed by atoms with E-state index in [1.165, 1.54) is 66.6 Å². The third-order valence-corrected chi connectivity index (χ3v) is 6.68. The highest BCUT2D eigenvalue weighted by atomic mass is 32.2. The van der Waals surface area contributed by atoms with Crippen LogP contribution in [0.5, 0.6) is 5.75 Å². The van der Waals surface area contributed by atoms with Gasteiger partial charge in [-0.25, -0.2) is 13.4 Å². The lowest BCUT2D eigenvalue weighted by atomic mass is 10.1. The van der Waals surface area contributed by atoms with Gasteiger partial charge in [-0.15, -0.1) is 0 Å². The molecule has 0 amide bonds. The van der Waals surface area contributed by atoms with E-state index in [1.54, 1.807) is 24.3 Å². The van der Waals surface area contributed by atoms with Gasteiger partial charge in [0, 0.05) is 29.8 Å². The Labute approximate surface area is 198 Å². The van der Waals surface area contributed by atoms with Crippen molar-refractivity contribution in [2.75, 3.05) is 11.8 Å². The minimum Gasteiger partial charge on any atom is -0.495 e. The monoisotopic (exact) mass is 492 g/mol. The van der Waals surface area contributed by atoms with E-state index in [9.17, 15) is 17.6 Å². The van der Waals surface area contributed by atoms with E-state index < -0.39 is 16.0 Å². The van der Waals surface area contributed by atoms with Crippen molar-refractivity contribution < 1.29 is 22.1 Å². The zero-order chi connectivity index (χ0) is 24.6. The maximum atomic E-state index is 13.7. The van der Waals surface area contributed by atoms with Gasteiger partial charge < -0.3 is 9.26 Å². The summed E-state index contributed by atoms with van der Waals surface area (Å²) in [5.41, 5.74) is 1.72. The summed E-state index contributed by atoms with van der Waals surface area (Å²) in [6, 6.07) is 16.7. The fourth-order valence-electron chi connectivity index (χ4n) is 3.73. The van der Waals surface area contributed by atoms with Crippen molar-refractivity contribution in [1.82, 2.24) is 14.7 Å². The highest BCUT2D eigenvalue weighted by molar-refractivity contribution is 7.92. The van der Waals surface area contributed by atoms with E-state index in [2.05, 4.69) is 19.4 Å². The number of halogens is 1. The SMILES string of the molecule is COc1ccc(-c2ccnc(F)c2)cc1-n1c(=O)ccc2cc(S(=O)(=O)Nc3ccon3)ccc21. The van der Waals surface area contributed by atoms with E-state index >= 15 is 0 Å². The number of hydrogen-bond acceptors (Lipinski definition) is 7. The summed E-state index contributed by atoms with van der Waals surface area (Å²) in [6.07, 6.45) is 2.60. The topological polar surface area (TPSA) is 116 Å². The first-order valence-electron chi connectivity index (χ1n) is 10.2. The molecule has 0 fully saturated rings.